The average Bonchev–Trinajstić information content (AvgIpc) is 2.63. The number of ether oxygens (including phenoxy) is 2. The number of nitrogens with one attached hydrogen (secondary N) is 2. The first-order valence-corrected chi connectivity index (χ1v) is 4.25. The average molecular weight is 194 g/mol. The van der Waals surface area contributed by atoms with Crippen LogP contribution in [0.3, 0.4) is 0 Å². The number of aromatic nitrogens is 2. The van der Waals surface area contributed by atoms with Crippen LogP contribution in [0.1, 0.15) is 0 Å². The van der Waals surface area contributed by atoms with Crippen molar-refractivity contribution in [1.82, 2.24) is 9.97 Å². The summed E-state index contributed by atoms with van der Waals surface area (Å²) >= 11 is 4.96. The minimum Gasteiger partial charge on any atom is -0.454 e. The van der Waals surface area contributed by atoms with E-state index in [4.69, 9.17) is 21.7 Å². The summed E-state index contributed by atoms with van der Waals surface area (Å²) in [5.74, 6) is 1.52. The fraction of sp³-hybridized carbons (Fsp3) is 0.125. The van der Waals surface area contributed by atoms with Crippen LogP contribution in [-0.4, -0.2) is 16.8 Å². The SMILES string of the molecule is S=c1[nH]c2cc3c(cc2[nH]1)OCO3. The zero-order valence-electron chi connectivity index (χ0n) is 6.59. The second-order valence-corrected chi connectivity index (χ2v) is 3.24. The first kappa shape index (κ1) is 6.97. The molecular weight excluding hydrogens is 188 g/mol. The van der Waals surface area contributed by atoms with Crippen molar-refractivity contribution in [2.24, 2.45) is 0 Å². The summed E-state index contributed by atoms with van der Waals surface area (Å²) in [6.45, 7) is 0.294. The summed E-state index contributed by atoms with van der Waals surface area (Å²) in [7, 11) is 0. The Morgan fingerprint density at radius 2 is 1.62 bits per heavy atom. The van der Waals surface area contributed by atoms with Gasteiger partial charge in [0, 0.05) is 12.1 Å². The van der Waals surface area contributed by atoms with Gasteiger partial charge in [-0.3, -0.25) is 0 Å². The highest BCUT2D eigenvalue weighted by Gasteiger charge is 2.14. The molecular formula is C8H6N2O2S. The maximum Gasteiger partial charge on any atom is 0.231 e. The molecule has 1 aliphatic heterocycles. The van der Waals surface area contributed by atoms with Crippen LogP contribution in [0.25, 0.3) is 11.0 Å². The molecule has 5 heteroatoms. The van der Waals surface area contributed by atoms with E-state index in [2.05, 4.69) is 9.97 Å². The number of hydrogen-bond acceptors (Lipinski definition) is 3. The van der Waals surface area contributed by atoms with Crippen LogP contribution in [0.5, 0.6) is 11.5 Å². The highest BCUT2D eigenvalue weighted by Crippen LogP contribution is 2.34. The zero-order chi connectivity index (χ0) is 8.84. The lowest BCUT2D eigenvalue weighted by molar-refractivity contribution is 0.174. The summed E-state index contributed by atoms with van der Waals surface area (Å²) in [5, 5.41) is 0. The minimum atomic E-state index is 0.294. The van der Waals surface area contributed by atoms with E-state index in [0.29, 0.717) is 11.6 Å². The molecule has 0 saturated carbocycles. The summed E-state index contributed by atoms with van der Waals surface area (Å²) in [6.07, 6.45) is 0. The molecule has 1 aromatic carbocycles. The maximum absolute atomic E-state index is 5.23. The topological polar surface area (TPSA) is 50.0 Å². The second-order valence-electron chi connectivity index (χ2n) is 2.83. The first-order valence-electron chi connectivity index (χ1n) is 3.84. The highest BCUT2D eigenvalue weighted by molar-refractivity contribution is 7.71. The van der Waals surface area contributed by atoms with Gasteiger partial charge in [-0.1, -0.05) is 0 Å². The Morgan fingerprint density at radius 3 is 2.15 bits per heavy atom. The number of imidazole rings is 1. The third-order valence-corrected chi connectivity index (χ3v) is 2.21. The van der Waals surface area contributed by atoms with Crippen molar-refractivity contribution < 1.29 is 9.47 Å². The van der Waals surface area contributed by atoms with Gasteiger partial charge in [-0.2, -0.15) is 0 Å². The van der Waals surface area contributed by atoms with Crippen molar-refractivity contribution in [3.05, 3.63) is 16.9 Å². The molecule has 2 aromatic rings. The van der Waals surface area contributed by atoms with Gasteiger partial charge in [-0.15, -0.1) is 0 Å². The molecule has 0 radical (unpaired) electrons. The minimum absolute atomic E-state index is 0.294. The highest BCUT2D eigenvalue weighted by atomic mass is 32.1. The monoisotopic (exact) mass is 194 g/mol. The molecule has 4 nitrogen and oxygen atoms in total. The molecule has 0 saturated heterocycles. The van der Waals surface area contributed by atoms with Gasteiger partial charge in [0.05, 0.1) is 11.0 Å². The fourth-order valence-electron chi connectivity index (χ4n) is 1.42. The molecule has 0 amide bonds. The quantitative estimate of drug-likeness (QED) is 0.630. The van der Waals surface area contributed by atoms with Crippen LogP contribution >= 0.6 is 12.2 Å². The first-order chi connectivity index (χ1) is 6.33. The second kappa shape index (κ2) is 2.26. The summed E-state index contributed by atoms with van der Waals surface area (Å²) in [4.78, 5) is 6.02. The van der Waals surface area contributed by atoms with E-state index in [0.717, 1.165) is 22.5 Å². The lowest BCUT2D eigenvalue weighted by Gasteiger charge is -1.94. The third-order valence-electron chi connectivity index (χ3n) is 2.01. The van der Waals surface area contributed by atoms with Crippen molar-refractivity contribution >= 4 is 23.3 Å². The van der Waals surface area contributed by atoms with Crippen LogP contribution in [-0.2, 0) is 0 Å². The Balaban J connectivity index is 2.41. The largest absolute Gasteiger partial charge is 0.454 e. The van der Waals surface area contributed by atoms with Crippen molar-refractivity contribution in [2.45, 2.75) is 0 Å². The number of fused-ring (bicyclic) bond motifs is 2. The summed E-state index contributed by atoms with van der Waals surface area (Å²) in [5.41, 5.74) is 1.88. The standard InChI is InChI=1S/C8H6N2O2S/c13-8-9-4-1-6-7(12-3-11-6)2-5(4)10-8/h1-2H,3H2,(H2,9,10,13). The Kier molecular flexibility index (Phi) is 1.21. The molecule has 1 aromatic heterocycles. The lowest BCUT2D eigenvalue weighted by Crippen LogP contribution is -1.92. The normalized spacial score (nSPS) is 13.8. The molecule has 0 aliphatic carbocycles. The molecule has 0 unspecified atom stereocenters. The van der Waals surface area contributed by atoms with E-state index < -0.39 is 0 Å². The van der Waals surface area contributed by atoms with Gasteiger partial charge in [0.1, 0.15) is 0 Å². The van der Waals surface area contributed by atoms with Gasteiger partial charge in [-0.05, 0) is 12.2 Å². The molecule has 1 aliphatic rings. The van der Waals surface area contributed by atoms with Crippen LogP contribution < -0.4 is 9.47 Å². The lowest BCUT2D eigenvalue weighted by atomic mass is 10.3. The van der Waals surface area contributed by atoms with Crippen molar-refractivity contribution in [1.29, 1.82) is 0 Å². The Labute approximate surface area is 78.5 Å². The number of rotatable bonds is 0. The molecule has 0 spiro atoms. The number of aromatic amines is 2. The van der Waals surface area contributed by atoms with E-state index in [1.165, 1.54) is 0 Å². The zero-order valence-corrected chi connectivity index (χ0v) is 7.40. The van der Waals surface area contributed by atoms with Crippen molar-refractivity contribution in [2.75, 3.05) is 6.79 Å². The number of hydrogen-bond donors (Lipinski definition) is 2. The number of benzene rings is 1. The van der Waals surface area contributed by atoms with E-state index in [1.807, 2.05) is 12.1 Å². The van der Waals surface area contributed by atoms with Gasteiger partial charge in [-0.25, -0.2) is 0 Å². The van der Waals surface area contributed by atoms with Crippen LogP contribution in [0.4, 0.5) is 0 Å². The summed E-state index contributed by atoms with van der Waals surface area (Å²) < 4.78 is 11.1. The molecule has 66 valence electrons. The molecule has 0 atom stereocenters. The van der Waals surface area contributed by atoms with E-state index in [-0.39, 0.29) is 0 Å². The van der Waals surface area contributed by atoms with Gasteiger partial charge >= 0.3 is 0 Å². The van der Waals surface area contributed by atoms with Crippen LogP contribution in [0, 0.1) is 4.77 Å². The van der Waals surface area contributed by atoms with E-state index in [9.17, 15) is 0 Å². The van der Waals surface area contributed by atoms with E-state index in [1.54, 1.807) is 0 Å². The van der Waals surface area contributed by atoms with Gasteiger partial charge in [0.15, 0.2) is 16.3 Å². The smallest absolute Gasteiger partial charge is 0.231 e. The fourth-order valence-corrected chi connectivity index (χ4v) is 1.64. The van der Waals surface area contributed by atoms with Gasteiger partial charge < -0.3 is 19.4 Å². The molecule has 3 rings (SSSR count). The Hall–Kier alpha value is -1.49. The summed E-state index contributed by atoms with van der Waals surface area (Å²) in [6, 6.07) is 3.76. The predicted octanol–water partition coefficient (Wildman–Crippen LogP) is 1.95. The third kappa shape index (κ3) is 0.936. The Bertz CT molecular complexity index is 484. The Morgan fingerprint density at radius 1 is 1.08 bits per heavy atom. The van der Waals surface area contributed by atoms with Gasteiger partial charge in [0.2, 0.25) is 6.79 Å². The maximum atomic E-state index is 5.23. The van der Waals surface area contributed by atoms with Gasteiger partial charge in [0.25, 0.3) is 0 Å². The molecule has 2 N–H and O–H groups in total. The molecule has 0 fully saturated rings. The molecule has 2 heterocycles. The number of H-pyrrole nitrogens is 2. The van der Waals surface area contributed by atoms with Crippen molar-refractivity contribution in [3.63, 3.8) is 0 Å². The molecule has 13 heavy (non-hydrogen) atoms. The molecule has 0 bridgehead atoms. The van der Waals surface area contributed by atoms with Crippen LogP contribution in [0.2, 0.25) is 0 Å². The van der Waals surface area contributed by atoms with Crippen molar-refractivity contribution in [3.8, 4) is 11.5 Å². The van der Waals surface area contributed by atoms with Crippen LogP contribution in [0.15, 0.2) is 12.1 Å². The predicted molar refractivity (Wildman–Crippen MR) is 49.6 cm³/mol. The van der Waals surface area contributed by atoms with E-state index >= 15 is 0 Å².